The number of fused-ring (bicyclic) bond motifs is 3. The van der Waals surface area contributed by atoms with Crippen molar-refractivity contribution in [1.29, 1.82) is 0 Å². The van der Waals surface area contributed by atoms with Crippen LogP contribution in [-0.2, 0) is 19.4 Å². The summed E-state index contributed by atoms with van der Waals surface area (Å²) in [6.45, 7) is 3.03. The lowest BCUT2D eigenvalue weighted by molar-refractivity contribution is -0.154. The van der Waals surface area contributed by atoms with Crippen molar-refractivity contribution in [1.82, 2.24) is 4.90 Å². The topological polar surface area (TPSA) is 63.7 Å². The lowest BCUT2D eigenvalue weighted by Crippen LogP contribution is -2.58. The van der Waals surface area contributed by atoms with E-state index in [1.165, 1.54) is 0 Å². The van der Waals surface area contributed by atoms with Gasteiger partial charge in [0.25, 0.3) is 0 Å². The minimum atomic E-state index is -3.48. The molecule has 5 nitrogen and oxygen atoms in total. The highest BCUT2D eigenvalue weighted by Gasteiger charge is 2.71. The van der Waals surface area contributed by atoms with E-state index in [-0.39, 0.29) is 17.6 Å². The van der Waals surface area contributed by atoms with E-state index in [1.54, 1.807) is 30.3 Å². The maximum absolute atomic E-state index is 13.4. The smallest absolute Gasteiger partial charge is 0.331 e. The first-order chi connectivity index (χ1) is 12.4. The van der Waals surface area contributed by atoms with Gasteiger partial charge in [-0.15, -0.1) is 0 Å². The zero-order valence-electron chi connectivity index (χ0n) is 14.8. The molecule has 1 spiro atoms. The molecule has 6 heteroatoms. The van der Waals surface area contributed by atoms with Crippen LogP contribution in [-0.4, -0.2) is 48.3 Å². The van der Waals surface area contributed by atoms with E-state index >= 15 is 0 Å². The number of carbonyl (C=O) groups excluding carboxylic acids is 1. The first kappa shape index (κ1) is 16.5. The van der Waals surface area contributed by atoms with E-state index in [0.29, 0.717) is 17.7 Å². The van der Waals surface area contributed by atoms with Crippen molar-refractivity contribution in [3.8, 4) is 0 Å². The van der Waals surface area contributed by atoms with Crippen molar-refractivity contribution in [2.45, 2.75) is 66.4 Å². The fourth-order valence-electron chi connectivity index (χ4n) is 5.90. The van der Waals surface area contributed by atoms with Crippen molar-refractivity contribution in [3.05, 3.63) is 42.0 Å². The first-order valence-electron chi connectivity index (χ1n) is 9.38. The molecule has 138 valence electrons. The zero-order chi connectivity index (χ0) is 18.2. The fraction of sp³-hybridized carbons (Fsp3) is 0.550. The number of benzene rings is 1. The normalized spacial score (nSPS) is 39.1. The fourth-order valence-corrected chi connectivity index (χ4v) is 7.84. The van der Waals surface area contributed by atoms with Crippen LogP contribution in [0.3, 0.4) is 0 Å². The van der Waals surface area contributed by atoms with E-state index < -0.39 is 20.7 Å². The Balaban J connectivity index is 1.65. The minimum Gasteiger partial charge on any atom is -0.449 e. The minimum absolute atomic E-state index is 0.103. The van der Waals surface area contributed by atoms with Gasteiger partial charge in [-0.25, -0.2) is 13.2 Å². The second-order valence-corrected chi connectivity index (χ2v) is 10.4. The molecular formula is C20H23NO4S. The molecule has 1 saturated carbocycles. The molecule has 3 aliphatic heterocycles. The summed E-state index contributed by atoms with van der Waals surface area (Å²) in [6, 6.07) is 8.60. The lowest BCUT2D eigenvalue weighted by Gasteiger charge is -2.47. The Hall–Kier alpha value is -1.66. The van der Waals surface area contributed by atoms with Gasteiger partial charge >= 0.3 is 5.97 Å². The summed E-state index contributed by atoms with van der Waals surface area (Å²) in [6.07, 6.45) is 5.63. The Morgan fingerprint density at radius 3 is 2.73 bits per heavy atom. The number of ether oxygens (including phenoxy) is 1. The van der Waals surface area contributed by atoms with E-state index in [1.807, 2.05) is 6.07 Å². The highest BCUT2D eigenvalue weighted by Crippen LogP contribution is 2.60. The Morgan fingerprint density at radius 1 is 1.19 bits per heavy atom. The molecule has 0 radical (unpaired) electrons. The van der Waals surface area contributed by atoms with Crippen LogP contribution in [0.2, 0.25) is 0 Å². The second kappa shape index (κ2) is 5.20. The summed E-state index contributed by atoms with van der Waals surface area (Å²) in [5, 5.41) is -0.529. The number of hydrogen-bond donors (Lipinski definition) is 0. The maximum Gasteiger partial charge on any atom is 0.331 e. The Kier molecular flexibility index (Phi) is 3.30. The van der Waals surface area contributed by atoms with Crippen molar-refractivity contribution >= 4 is 15.8 Å². The Bertz CT molecular complexity index is 909. The monoisotopic (exact) mass is 373 g/mol. The molecule has 2 saturated heterocycles. The summed E-state index contributed by atoms with van der Waals surface area (Å²) in [4.78, 5) is 14.9. The Labute approximate surface area is 153 Å². The molecule has 3 fully saturated rings. The largest absolute Gasteiger partial charge is 0.449 e. The molecular weight excluding hydrogens is 350 g/mol. The quantitative estimate of drug-likeness (QED) is 0.745. The van der Waals surface area contributed by atoms with E-state index in [2.05, 4.69) is 11.8 Å². The van der Waals surface area contributed by atoms with Crippen molar-refractivity contribution in [2.75, 3.05) is 6.54 Å². The van der Waals surface area contributed by atoms with Gasteiger partial charge in [0, 0.05) is 18.5 Å². The van der Waals surface area contributed by atoms with Gasteiger partial charge in [-0.3, -0.25) is 4.90 Å². The van der Waals surface area contributed by atoms with Gasteiger partial charge in [0.1, 0.15) is 0 Å². The molecule has 5 rings (SSSR count). The average Bonchev–Trinajstić information content (AvgIpc) is 3.08. The molecule has 1 aromatic rings. The summed E-state index contributed by atoms with van der Waals surface area (Å²) >= 11 is 0. The first-order valence-corrected chi connectivity index (χ1v) is 10.9. The summed E-state index contributed by atoms with van der Waals surface area (Å²) in [5.41, 5.74) is -0.0395. The van der Waals surface area contributed by atoms with Crippen molar-refractivity contribution in [3.63, 3.8) is 0 Å². The van der Waals surface area contributed by atoms with Gasteiger partial charge in [-0.1, -0.05) is 24.6 Å². The standard InChI is InChI=1S/C20H23NO4S/c1-19-9-5-6-10-21(19)16-13-20(19)14(12-18(22)25-20)11-17(16)26(23,24)15-7-3-2-4-8-15/h2-4,7-8,12,16-17H,5-6,9-11,13H2,1H3/t16-,17?,19+,20-/m0/s1. The van der Waals surface area contributed by atoms with Crippen molar-refractivity contribution in [2.24, 2.45) is 0 Å². The molecule has 2 bridgehead atoms. The van der Waals surface area contributed by atoms with Gasteiger partial charge in [0.2, 0.25) is 0 Å². The number of rotatable bonds is 2. The second-order valence-electron chi connectivity index (χ2n) is 8.21. The third kappa shape index (κ3) is 1.89. The molecule has 0 aromatic heterocycles. The third-order valence-electron chi connectivity index (χ3n) is 7.12. The van der Waals surface area contributed by atoms with Gasteiger partial charge in [-0.05, 0) is 50.4 Å². The van der Waals surface area contributed by atoms with Crippen LogP contribution in [0.25, 0.3) is 0 Å². The number of piperidine rings is 1. The van der Waals surface area contributed by atoms with Crippen LogP contribution in [0, 0.1) is 0 Å². The SMILES string of the molecule is C[C@]12CCCCN1[C@H]1C[C@@]23OC(=O)C=C3CC1S(=O)(=O)c1ccccc1. The summed E-state index contributed by atoms with van der Waals surface area (Å²) in [7, 11) is -3.48. The van der Waals surface area contributed by atoms with Crippen molar-refractivity contribution < 1.29 is 17.9 Å². The zero-order valence-corrected chi connectivity index (χ0v) is 15.7. The average molecular weight is 373 g/mol. The van der Waals surface area contributed by atoms with Gasteiger partial charge in [0.05, 0.1) is 15.7 Å². The molecule has 1 aliphatic carbocycles. The van der Waals surface area contributed by atoms with Crippen LogP contribution >= 0.6 is 0 Å². The van der Waals surface area contributed by atoms with E-state index in [0.717, 1.165) is 31.4 Å². The predicted octanol–water partition coefficient (Wildman–Crippen LogP) is 2.47. The molecule has 1 aromatic carbocycles. The molecule has 26 heavy (non-hydrogen) atoms. The molecule has 0 N–H and O–H groups in total. The Morgan fingerprint density at radius 2 is 1.96 bits per heavy atom. The summed E-state index contributed by atoms with van der Waals surface area (Å²) in [5.74, 6) is -0.315. The number of hydrogen-bond acceptors (Lipinski definition) is 5. The van der Waals surface area contributed by atoms with E-state index in [4.69, 9.17) is 4.74 Å². The number of carbonyl (C=O) groups is 1. The van der Waals surface area contributed by atoms with Crippen LogP contribution < -0.4 is 0 Å². The molecule has 4 atom stereocenters. The summed E-state index contributed by atoms with van der Waals surface area (Å²) < 4.78 is 32.8. The van der Waals surface area contributed by atoms with Gasteiger partial charge in [-0.2, -0.15) is 0 Å². The highest BCUT2D eigenvalue weighted by molar-refractivity contribution is 7.92. The van der Waals surface area contributed by atoms with Crippen LogP contribution in [0.4, 0.5) is 0 Å². The van der Waals surface area contributed by atoms with Gasteiger partial charge in [0.15, 0.2) is 15.4 Å². The van der Waals surface area contributed by atoms with Crippen LogP contribution in [0.5, 0.6) is 0 Å². The number of nitrogens with zero attached hydrogens (tertiary/aromatic N) is 1. The van der Waals surface area contributed by atoms with E-state index in [9.17, 15) is 13.2 Å². The number of sulfone groups is 1. The third-order valence-corrected chi connectivity index (χ3v) is 9.33. The van der Waals surface area contributed by atoms with Crippen LogP contribution in [0.1, 0.15) is 39.0 Å². The maximum atomic E-state index is 13.4. The van der Waals surface area contributed by atoms with Gasteiger partial charge < -0.3 is 4.74 Å². The highest BCUT2D eigenvalue weighted by atomic mass is 32.2. The predicted molar refractivity (Wildman–Crippen MR) is 96.3 cm³/mol. The number of esters is 1. The molecule has 4 aliphatic rings. The molecule has 0 amide bonds. The molecule has 1 unspecified atom stereocenters. The lowest BCUT2D eigenvalue weighted by atomic mass is 9.70. The van der Waals surface area contributed by atoms with Crippen LogP contribution in [0.15, 0.2) is 46.9 Å². The molecule has 3 heterocycles.